The summed E-state index contributed by atoms with van der Waals surface area (Å²) in [5, 5.41) is 6.48. The molecule has 3 heterocycles. The van der Waals surface area contributed by atoms with E-state index < -0.39 is 0 Å². The molecule has 1 aliphatic rings. The predicted octanol–water partition coefficient (Wildman–Crippen LogP) is 12.5. The van der Waals surface area contributed by atoms with Gasteiger partial charge in [0.25, 0.3) is 0 Å². The molecule has 0 fully saturated rings. The molecule has 5 nitrogen and oxygen atoms in total. The van der Waals surface area contributed by atoms with E-state index in [1.54, 1.807) is 0 Å². The topological polar surface area (TPSA) is 65.0 Å². The molecule has 0 saturated carbocycles. The van der Waals surface area contributed by atoms with Gasteiger partial charge in [0.05, 0.1) is 0 Å². The average Bonchev–Trinajstić information content (AvgIpc) is 3.78. The number of benzene rings is 7. The Labute approximate surface area is 298 Å². The lowest BCUT2D eigenvalue weighted by molar-refractivity contribution is 0.668. The van der Waals surface area contributed by atoms with Gasteiger partial charge in [-0.15, -0.1) is 0 Å². The maximum Gasteiger partial charge on any atom is 0.164 e. The van der Waals surface area contributed by atoms with Gasteiger partial charge in [-0.25, -0.2) is 15.0 Å². The zero-order valence-electron chi connectivity index (χ0n) is 28.0. The summed E-state index contributed by atoms with van der Waals surface area (Å²) in [6.07, 6.45) is 6.54. The number of para-hydroxylation sites is 2. The van der Waals surface area contributed by atoms with Crippen molar-refractivity contribution in [1.29, 1.82) is 0 Å². The van der Waals surface area contributed by atoms with Gasteiger partial charge in [0, 0.05) is 43.8 Å². The molecule has 1 aliphatic carbocycles. The van der Waals surface area contributed by atoms with Crippen LogP contribution in [-0.2, 0) is 6.42 Å². The van der Waals surface area contributed by atoms with Crippen molar-refractivity contribution >= 4 is 60.7 Å². The first-order valence-electron chi connectivity index (χ1n) is 17.6. The van der Waals surface area contributed by atoms with Gasteiger partial charge < -0.3 is 8.83 Å². The van der Waals surface area contributed by atoms with Gasteiger partial charge in [0.1, 0.15) is 22.3 Å². The summed E-state index contributed by atoms with van der Waals surface area (Å²) in [5.74, 6) is 1.85. The molecule has 52 heavy (non-hydrogen) atoms. The fourth-order valence-electron chi connectivity index (χ4n) is 7.78. The number of rotatable bonds is 4. The molecule has 5 heteroatoms. The quantitative estimate of drug-likeness (QED) is 0.187. The predicted molar refractivity (Wildman–Crippen MR) is 211 cm³/mol. The molecule has 0 unspecified atom stereocenters. The van der Waals surface area contributed by atoms with Gasteiger partial charge >= 0.3 is 0 Å². The first-order chi connectivity index (χ1) is 25.7. The number of nitrogens with zero attached hydrogens (tertiary/aromatic N) is 3. The van der Waals surface area contributed by atoms with E-state index in [4.69, 9.17) is 23.8 Å². The van der Waals surface area contributed by atoms with Gasteiger partial charge in [-0.05, 0) is 88.8 Å². The molecule has 0 radical (unpaired) electrons. The highest BCUT2D eigenvalue weighted by Crippen LogP contribution is 2.43. The van der Waals surface area contributed by atoms with Gasteiger partial charge in [-0.1, -0.05) is 103 Å². The van der Waals surface area contributed by atoms with Crippen LogP contribution in [0.15, 0.2) is 154 Å². The van der Waals surface area contributed by atoms with Gasteiger partial charge in [-0.3, -0.25) is 0 Å². The molecule has 0 bridgehead atoms. The number of aromatic nitrogens is 3. The Hall–Kier alpha value is -6.85. The molecule has 0 amide bonds. The van der Waals surface area contributed by atoms with Gasteiger partial charge in [0.15, 0.2) is 17.5 Å². The molecule has 7 aromatic carbocycles. The summed E-state index contributed by atoms with van der Waals surface area (Å²) in [6, 6.07) is 48.3. The second-order valence-corrected chi connectivity index (χ2v) is 13.5. The zero-order valence-corrected chi connectivity index (χ0v) is 28.0. The van der Waals surface area contributed by atoms with E-state index in [-0.39, 0.29) is 0 Å². The monoisotopic (exact) mass is 667 g/mol. The molecular weight excluding hydrogens is 639 g/mol. The SMILES string of the molecule is C1=Cc2cc(-c3nc(-c4ccc5ccccc5c4)nc(-c4ccc(-c5ccc6c(c5)oc5ccccc56)c5oc6ccccc6c45)n3)ccc2CC1. The third kappa shape index (κ3) is 4.60. The highest BCUT2D eigenvalue weighted by Gasteiger charge is 2.22. The van der Waals surface area contributed by atoms with Crippen LogP contribution in [0.25, 0.3) is 106 Å². The standard InChI is InChI=1S/C47H29N3O2/c1-3-11-30-25-33(19-17-28(30)9-1)45-48-46(34-20-18-29-10-2-4-12-31(29)26-34)50-47(49-45)39-24-23-35(44-43(39)38-14-6-8-16-41(38)52-44)32-21-22-37-36-13-5-7-15-40(36)51-42(37)27-32/h1,3-9,11-27H,2,10H2. The van der Waals surface area contributed by atoms with E-state index >= 15 is 0 Å². The Morgan fingerprint density at radius 1 is 0.462 bits per heavy atom. The highest BCUT2D eigenvalue weighted by molar-refractivity contribution is 6.16. The summed E-state index contributed by atoms with van der Waals surface area (Å²) in [5.41, 5.74) is 10.6. The Kier molecular flexibility index (Phi) is 6.31. The third-order valence-electron chi connectivity index (χ3n) is 10.4. The lowest BCUT2D eigenvalue weighted by Gasteiger charge is -2.13. The average molecular weight is 668 g/mol. The number of furan rings is 2. The molecule has 0 atom stereocenters. The van der Waals surface area contributed by atoms with Crippen molar-refractivity contribution in [3.05, 3.63) is 157 Å². The largest absolute Gasteiger partial charge is 0.456 e. The third-order valence-corrected chi connectivity index (χ3v) is 10.4. The number of fused-ring (bicyclic) bond motifs is 8. The summed E-state index contributed by atoms with van der Waals surface area (Å²) in [6.45, 7) is 0. The minimum atomic E-state index is 0.595. The van der Waals surface area contributed by atoms with Crippen molar-refractivity contribution in [3.8, 4) is 45.3 Å². The van der Waals surface area contributed by atoms with Crippen LogP contribution < -0.4 is 0 Å². The molecule has 0 spiro atoms. The van der Waals surface area contributed by atoms with Crippen LogP contribution >= 0.6 is 0 Å². The maximum atomic E-state index is 6.70. The van der Waals surface area contributed by atoms with E-state index in [2.05, 4.69) is 115 Å². The highest BCUT2D eigenvalue weighted by atomic mass is 16.3. The van der Waals surface area contributed by atoms with Crippen LogP contribution in [0.5, 0.6) is 0 Å². The molecule has 10 aromatic rings. The lowest BCUT2D eigenvalue weighted by Crippen LogP contribution is -2.02. The number of aryl methyl sites for hydroxylation is 1. The van der Waals surface area contributed by atoms with E-state index in [1.165, 1.54) is 16.5 Å². The second kappa shape index (κ2) is 11.3. The van der Waals surface area contributed by atoms with Gasteiger partial charge in [-0.2, -0.15) is 0 Å². The van der Waals surface area contributed by atoms with E-state index in [1.807, 2.05) is 36.4 Å². The number of allylic oxidation sites excluding steroid dienone is 1. The van der Waals surface area contributed by atoms with E-state index in [0.29, 0.717) is 17.5 Å². The number of hydrogen-bond donors (Lipinski definition) is 0. The van der Waals surface area contributed by atoms with Crippen molar-refractivity contribution in [2.24, 2.45) is 0 Å². The minimum absolute atomic E-state index is 0.595. The summed E-state index contributed by atoms with van der Waals surface area (Å²) in [7, 11) is 0. The van der Waals surface area contributed by atoms with Crippen LogP contribution in [0, 0.1) is 0 Å². The van der Waals surface area contributed by atoms with Crippen LogP contribution in [0.2, 0.25) is 0 Å². The first-order valence-corrected chi connectivity index (χ1v) is 17.6. The van der Waals surface area contributed by atoms with Crippen molar-refractivity contribution in [2.45, 2.75) is 12.8 Å². The summed E-state index contributed by atoms with van der Waals surface area (Å²) >= 11 is 0. The fraction of sp³-hybridized carbons (Fsp3) is 0.0426. The fourth-order valence-corrected chi connectivity index (χ4v) is 7.78. The molecule has 11 rings (SSSR count). The lowest BCUT2D eigenvalue weighted by atomic mass is 9.95. The molecule has 0 saturated heterocycles. The molecule has 0 aliphatic heterocycles. The van der Waals surface area contributed by atoms with Crippen molar-refractivity contribution in [1.82, 2.24) is 15.0 Å². The van der Waals surface area contributed by atoms with Gasteiger partial charge in [0.2, 0.25) is 0 Å². The molecule has 3 aromatic heterocycles. The van der Waals surface area contributed by atoms with Crippen molar-refractivity contribution in [2.75, 3.05) is 0 Å². The summed E-state index contributed by atoms with van der Waals surface area (Å²) < 4.78 is 13.0. The Morgan fingerprint density at radius 2 is 1.13 bits per heavy atom. The van der Waals surface area contributed by atoms with Crippen LogP contribution in [-0.4, -0.2) is 15.0 Å². The Morgan fingerprint density at radius 3 is 2.02 bits per heavy atom. The number of hydrogen-bond acceptors (Lipinski definition) is 5. The smallest absolute Gasteiger partial charge is 0.164 e. The molecule has 0 N–H and O–H groups in total. The van der Waals surface area contributed by atoms with E-state index in [0.717, 1.165) is 89.9 Å². The second-order valence-electron chi connectivity index (χ2n) is 13.5. The van der Waals surface area contributed by atoms with Crippen molar-refractivity contribution < 1.29 is 8.83 Å². The zero-order chi connectivity index (χ0) is 34.2. The molecular formula is C47H29N3O2. The Bertz CT molecular complexity index is 3090. The van der Waals surface area contributed by atoms with E-state index in [9.17, 15) is 0 Å². The summed E-state index contributed by atoms with van der Waals surface area (Å²) in [4.78, 5) is 15.5. The maximum absolute atomic E-state index is 6.70. The van der Waals surface area contributed by atoms with Crippen molar-refractivity contribution in [3.63, 3.8) is 0 Å². The minimum Gasteiger partial charge on any atom is -0.456 e. The first kappa shape index (κ1) is 28.9. The van der Waals surface area contributed by atoms with Crippen LogP contribution in [0.1, 0.15) is 17.5 Å². The Balaban J connectivity index is 1.15. The van der Waals surface area contributed by atoms with Crippen LogP contribution in [0.3, 0.4) is 0 Å². The normalized spacial score (nSPS) is 12.8. The van der Waals surface area contributed by atoms with Crippen LogP contribution in [0.4, 0.5) is 0 Å². The molecule has 244 valence electrons.